The van der Waals surface area contributed by atoms with Gasteiger partial charge in [-0.25, -0.2) is 4.79 Å². The molecule has 0 aliphatic rings. The van der Waals surface area contributed by atoms with Crippen molar-refractivity contribution in [1.29, 1.82) is 0 Å². The average Bonchev–Trinajstić information content (AvgIpc) is 2.30. The Morgan fingerprint density at radius 2 is 2.22 bits per heavy atom. The standard InChI is InChI=1S/C12H14N2O4/c1-3-18-11(15)5-4-9-6-8(2)12(13)10(7-9)14(16)17/h4-7H,3,13H2,1-2H3. The van der Waals surface area contributed by atoms with Gasteiger partial charge in [0.05, 0.1) is 11.5 Å². The molecular weight excluding hydrogens is 236 g/mol. The lowest BCUT2D eigenvalue weighted by Gasteiger charge is -2.03. The van der Waals surface area contributed by atoms with Gasteiger partial charge in [-0.15, -0.1) is 0 Å². The molecule has 0 atom stereocenters. The molecular formula is C12H14N2O4. The van der Waals surface area contributed by atoms with Gasteiger partial charge in [0.2, 0.25) is 0 Å². The van der Waals surface area contributed by atoms with Crippen LogP contribution >= 0.6 is 0 Å². The van der Waals surface area contributed by atoms with E-state index in [4.69, 9.17) is 10.5 Å². The summed E-state index contributed by atoms with van der Waals surface area (Å²) in [6.45, 7) is 3.65. The second-order valence-electron chi connectivity index (χ2n) is 3.61. The fourth-order valence-corrected chi connectivity index (χ4v) is 1.41. The number of nitrogen functional groups attached to an aromatic ring is 1. The second kappa shape index (κ2) is 5.81. The second-order valence-corrected chi connectivity index (χ2v) is 3.61. The molecule has 0 saturated carbocycles. The molecule has 0 fully saturated rings. The number of nitrogens with zero attached hydrogens (tertiary/aromatic N) is 1. The number of nitrogens with two attached hydrogens (primary N) is 1. The molecule has 2 N–H and O–H groups in total. The smallest absolute Gasteiger partial charge is 0.330 e. The monoisotopic (exact) mass is 250 g/mol. The van der Waals surface area contributed by atoms with Crippen molar-refractivity contribution >= 4 is 23.4 Å². The highest BCUT2D eigenvalue weighted by atomic mass is 16.6. The number of anilines is 1. The minimum atomic E-state index is -0.552. The number of hydrogen-bond acceptors (Lipinski definition) is 5. The molecule has 6 heteroatoms. The summed E-state index contributed by atoms with van der Waals surface area (Å²) < 4.78 is 4.71. The third-order valence-corrected chi connectivity index (χ3v) is 2.28. The molecule has 0 bridgehead atoms. The molecule has 96 valence electrons. The fourth-order valence-electron chi connectivity index (χ4n) is 1.41. The predicted molar refractivity (Wildman–Crippen MR) is 67.9 cm³/mol. The summed E-state index contributed by atoms with van der Waals surface area (Å²) in [6.07, 6.45) is 2.68. The first-order valence-electron chi connectivity index (χ1n) is 5.35. The van der Waals surface area contributed by atoms with Crippen molar-refractivity contribution in [3.63, 3.8) is 0 Å². The third kappa shape index (κ3) is 3.31. The normalized spacial score (nSPS) is 10.6. The first kappa shape index (κ1) is 13.7. The van der Waals surface area contributed by atoms with Crippen LogP contribution < -0.4 is 5.73 Å². The summed E-state index contributed by atoms with van der Waals surface area (Å²) in [6, 6.07) is 2.98. The van der Waals surface area contributed by atoms with Gasteiger partial charge in [0, 0.05) is 12.1 Å². The van der Waals surface area contributed by atoms with Crippen LogP contribution in [0.5, 0.6) is 0 Å². The van der Waals surface area contributed by atoms with E-state index in [0.29, 0.717) is 11.1 Å². The quantitative estimate of drug-likeness (QED) is 0.290. The molecule has 1 aromatic carbocycles. The van der Waals surface area contributed by atoms with Gasteiger partial charge in [-0.2, -0.15) is 0 Å². The van der Waals surface area contributed by atoms with E-state index >= 15 is 0 Å². The topological polar surface area (TPSA) is 95.5 Å². The highest BCUT2D eigenvalue weighted by Gasteiger charge is 2.14. The molecule has 0 unspecified atom stereocenters. The van der Waals surface area contributed by atoms with Crippen molar-refractivity contribution in [2.75, 3.05) is 12.3 Å². The number of nitro benzene ring substituents is 1. The number of aryl methyl sites for hydroxylation is 1. The molecule has 0 heterocycles. The van der Waals surface area contributed by atoms with E-state index in [2.05, 4.69) is 0 Å². The van der Waals surface area contributed by atoms with Crippen LogP contribution in [0.15, 0.2) is 18.2 Å². The maximum Gasteiger partial charge on any atom is 0.330 e. The van der Waals surface area contributed by atoms with Crippen LogP contribution in [0.3, 0.4) is 0 Å². The molecule has 0 spiro atoms. The Bertz CT molecular complexity index is 509. The SMILES string of the molecule is CCOC(=O)C=Cc1cc(C)c(N)c([N+](=O)[O-])c1. The van der Waals surface area contributed by atoms with Crippen molar-refractivity contribution in [3.05, 3.63) is 39.4 Å². The summed E-state index contributed by atoms with van der Waals surface area (Å²) in [5.41, 5.74) is 6.68. The zero-order valence-electron chi connectivity index (χ0n) is 10.2. The van der Waals surface area contributed by atoms with E-state index < -0.39 is 10.9 Å². The first-order valence-corrected chi connectivity index (χ1v) is 5.35. The van der Waals surface area contributed by atoms with Gasteiger partial charge in [-0.05, 0) is 37.1 Å². The molecule has 0 aliphatic heterocycles. The highest BCUT2D eigenvalue weighted by Crippen LogP contribution is 2.27. The average molecular weight is 250 g/mol. The molecule has 1 aromatic rings. The van der Waals surface area contributed by atoms with Crippen LogP contribution in [0.4, 0.5) is 11.4 Å². The van der Waals surface area contributed by atoms with Crippen LogP contribution in [0.1, 0.15) is 18.1 Å². The zero-order valence-corrected chi connectivity index (χ0v) is 10.2. The Morgan fingerprint density at radius 1 is 1.56 bits per heavy atom. The van der Waals surface area contributed by atoms with Crippen LogP contribution in [0, 0.1) is 17.0 Å². The number of hydrogen-bond donors (Lipinski definition) is 1. The molecule has 0 aromatic heterocycles. The fraction of sp³-hybridized carbons (Fsp3) is 0.250. The number of ether oxygens (including phenoxy) is 1. The van der Waals surface area contributed by atoms with Crippen molar-refractivity contribution < 1.29 is 14.5 Å². The number of carbonyl (C=O) groups is 1. The maximum atomic E-state index is 11.1. The predicted octanol–water partition coefficient (Wildman–Crippen LogP) is 2.06. The lowest BCUT2D eigenvalue weighted by Crippen LogP contribution is -2.00. The lowest BCUT2D eigenvalue weighted by atomic mass is 10.1. The third-order valence-electron chi connectivity index (χ3n) is 2.28. The van der Waals surface area contributed by atoms with E-state index in [1.807, 2.05) is 0 Å². The highest BCUT2D eigenvalue weighted by molar-refractivity contribution is 5.87. The Balaban J connectivity index is 3.04. The number of carbonyl (C=O) groups excluding carboxylic acids is 1. The number of rotatable bonds is 4. The van der Waals surface area contributed by atoms with E-state index in [1.165, 1.54) is 18.2 Å². The van der Waals surface area contributed by atoms with Gasteiger partial charge in [0.25, 0.3) is 5.69 Å². The molecule has 0 saturated heterocycles. The minimum absolute atomic E-state index is 0.133. The number of nitro groups is 1. The van der Waals surface area contributed by atoms with Crippen LogP contribution in [-0.2, 0) is 9.53 Å². The summed E-state index contributed by atoms with van der Waals surface area (Å²) in [4.78, 5) is 21.3. The molecule has 1 rings (SSSR count). The Labute approximate surface area is 104 Å². The lowest BCUT2D eigenvalue weighted by molar-refractivity contribution is -0.383. The zero-order chi connectivity index (χ0) is 13.7. The van der Waals surface area contributed by atoms with Gasteiger partial charge < -0.3 is 10.5 Å². The van der Waals surface area contributed by atoms with Crippen LogP contribution in [0.25, 0.3) is 6.08 Å². The van der Waals surface area contributed by atoms with Crippen LogP contribution in [0.2, 0.25) is 0 Å². The van der Waals surface area contributed by atoms with Crippen LogP contribution in [-0.4, -0.2) is 17.5 Å². The van der Waals surface area contributed by atoms with E-state index in [9.17, 15) is 14.9 Å². The number of esters is 1. The van der Waals surface area contributed by atoms with E-state index in [0.717, 1.165) is 0 Å². The van der Waals surface area contributed by atoms with E-state index in [1.54, 1.807) is 19.9 Å². The van der Waals surface area contributed by atoms with Gasteiger partial charge in [-0.1, -0.05) is 0 Å². The maximum absolute atomic E-state index is 11.1. The molecule has 6 nitrogen and oxygen atoms in total. The minimum Gasteiger partial charge on any atom is -0.463 e. The summed E-state index contributed by atoms with van der Waals surface area (Å²) in [5.74, 6) is -0.491. The van der Waals surface area contributed by atoms with Gasteiger partial charge in [-0.3, -0.25) is 10.1 Å². The van der Waals surface area contributed by atoms with Gasteiger partial charge >= 0.3 is 5.97 Å². The molecule has 0 aliphatic carbocycles. The summed E-state index contributed by atoms with van der Waals surface area (Å²) in [7, 11) is 0. The van der Waals surface area contributed by atoms with E-state index in [-0.39, 0.29) is 18.0 Å². The van der Waals surface area contributed by atoms with Crippen molar-refractivity contribution in [2.24, 2.45) is 0 Å². The van der Waals surface area contributed by atoms with Crippen molar-refractivity contribution in [1.82, 2.24) is 0 Å². The molecule has 0 radical (unpaired) electrons. The molecule has 0 amide bonds. The van der Waals surface area contributed by atoms with Gasteiger partial charge in [0.15, 0.2) is 0 Å². The largest absolute Gasteiger partial charge is 0.463 e. The van der Waals surface area contributed by atoms with Gasteiger partial charge in [0.1, 0.15) is 5.69 Å². The first-order chi connectivity index (χ1) is 8.45. The molecule has 18 heavy (non-hydrogen) atoms. The Kier molecular flexibility index (Phi) is 4.42. The Hall–Kier alpha value is -2.37. The van der Waals surface area contributed by atoms with Crippen molar-refractivity contribution in [3.8, 4) is 0 Å². The number of benzene rings is 1. The summed E-state index contributed by atoms with van der Waals surface area (Å²) >= 11 is 0. The summed E-state index contributed by atoms with van der Waals surface area (Å²) in [5, 5.41) is 10.8. The Morgan fingerprint density at radius 3 is 2.78 bits per heavy atom. The van der Waals surface area contributed by atoms with Crippen molar-refractivity contribution in [2.45, 2.75) is 13.8 Å².